The van der Waals surface area contributed by atoms with E-state index in [4.69, 9.17) is 5.11 Å². The van der Waals surface area contributed by atoms with Crippen molar-refractivity contribution in [1.82, 2.24) is 0 Å². The topological polar surface area (TPSA) is 20.2 Å². The second-order valence-corrected chi connectivity index (χ2v) is 3.28. The Morgan fingerprint density at radius 3 is 2.20 bits per heavy atom. The minimum absolute atomic E-state index is 0.0654. The number of alkyl halides is 2. The molecule has 1 rings (SSSR count). The second kappa shape index (κ2) is 2.16. The number of rotatable bonds is 1. The highest BCUT2D eigenvalue weighted by atomic mass is 19.3. The molecule has 1 nitrogen and oxygen atoms in total. The largest absolute Gasteiger partial charge is 0.396 e. The number of aliphatic hydroxyl groups is 1. The summed E-state index contributed by atoms with van der Waals surface area (Å²) in [6.45, 7) is 1.04. The van der Waals surface area contributed by atoms with Crippen molar-refractivity contribution in [3.63, 3.8) is 0 Å². The van der Waals surface area contributed by atoms with Gasteiger partial charge in [-0.1, -0.05) is 6.92 Å². The number of aliphatic hydroxyl groups excluding tert-OH is 1. The predicted octanol–water partition coefficient (Wildman–Crippen LogP) is 1.80. The zero-order valence-corrected chi connectivity index (χ0v) is 6.03. The van der Waals surface area contributed by atoms with Gasteiger partial charge in [0.1, 0.15) is 0 Å². The third-order valence-corrected chi connectivity index (χ3v) is 2.45. The van der Waals surface area contributed by atoms with Crippen LogP contribution >= 0.6 is 0 Å². The first-order valence-electron chi connectivity index (χ1n) is 3.50. The Morgan fingerprint density at radius 1 is 1.40 bits per heavy atom. The molecule has 10 heavy (non-hydrogen) atoms. The van der Waals surface area contributed by atoms with E-state index >= 15 is 0 Å². The Morgan fingerprint density at radius 2 is 2.00 bits per heavy atom. The van der Waals surface area contributed by atoms with E-state index in [1.807, 2.05) is 0 Å². The van der Waals surface area contributed by atoms with Crippen LogP contribution in [0.5, 0.6) is 0 Å². The maximum absolute atomic E-state index is 12.8. The van der Waals surface area contributed by atoms with Crippen LogP contribution in [0, 0.1) is 5.41 Å². The molecule has 1 aliphatic rings. The molecule has 0 heterocycles. The molecular formula is C7H12F2O. The minimum atomic E-state index is -2.65. The first kappa shape index (κ1) is 7.92. The van der Waals surface area contributed by atoms with Crippen LogP contribution in [0.1, 0.15) is 26.2 Å². The van der Waals surface area contributed by atoms with Crippen molar-refractivity contribution in [3.8, 4) is 0 Å². The van der Waals surface area contributed by atoms with E-state index < -0.39 is 17.9 Å². The lowest BCUT2D eigenvalue weighted by atomic mass is 9.87. The van der Waals surface area contributed by atoms with Gasteiger partial charge in [0.25, 0.3) is 5.92 Å². The third kappa shape index (κ3) is 0.926. The van der Waals surface area contributed by atoms with Crippen LogP contribution in [0.25, 0.3) is 0 Å². The lowest BCUT2D eigenvalue weighted by Gasteiger charge is -2.28. The highest BCUT2D eigenvalue weighted by Gasteiger charge is 2.53. The molecule has 0 radical (unpaired) electrons. The van der Waals surface area contributed by atoms with Crippen LogP contribution < -0.4 is 0 Å². The van der Waals surface area contributed by atoms with Crippen molar-refractivity contribution >= 4 is 0 Å². The highest BCUT2D eigenvalue weighted by Crippen LogP contribution is 2.49. The van der Waals surface area contributed by atoms with Gasteiger partial charge in [-0.05, 0) is 12.8 Å². The fourth-order valence-electron chi connectivity index (χ4n) is 1.38. The van der Waals surface area contributed by atoms with Gasteiger partial charge in [-0.3, -0.25) is 0 Å². The molecule has 1 fully saturated rings. The smallest absolute Gasteiger partial charge is 0.255 e. The quantitative estimate of drug-likeness (QED) is 0.604. The molecule has 0 spiro atoms. The lowest BCUT2D eigenvalue weighted by Crippen LogP contribution is -2.36. The molecular weight excluding hydrogens is 138 g/mol. The average molecular weight is 150 g/mol. The molecule has 0 amide bonds. The monoisotopic (exact) mass is 150 g/mol. The number of halogens is 2. The summed E-state index contributed by atoms with van der Waals surface area (Å²) < 4.78 is 25.7. The van der Waals surface area contributed by atoms with E-state index in [0.717, 1.165) is 0 Å². The summed E-state index contributed by atoms with van der Waals surface area (Å²) in [5.74, 6) is -2.65. The van der Waals surface area contributed by atoms with Crippen molar-refractivity contribution in [2.45, 2.75) is 32.1 Å². The molecule has 60 valence electrons. The molecule has 1 atom stereocenters. The molecule has 1 aliphatic carbocycles. The molecule has 0 aromatic rings. The van der Waals surface area contributed by atoms with Crippen LogP contribution in [0.15, 0.2) is 0 Å². The van der Waals surface area contributed by atoms with Gasteiger partial charge in [-0.2, -0.15) is 0 Å². The van der Waals surface area contributed by atoms with E-state index in [0.29, 0.717) is 12.8 Å². The van der Waals surface area contributed by atoms with Crippen molar-refractivity contribution < 1.29 is 13.9 Å². The second-order valence-electron chi connectivity index (χ2n) is 3.28. The molecule has 0 bridgehead atoms. The standard InChI is InChI=1S/C7H12F2O/c1-6(5-10)3-2-4-7(6,8)9/h10H,2-5H2,1H3/t6-/m0/s1. The Labute approximate surface area is 59.0 Å². The highest BCUT2D eigenvalue weighted by molar-refractivity contribution is 4.94. The van der Waals surface area contributed by atoms with Crippen LogP contribution in [0.3, 0.4) is 0 Å². The molecule has 0 aliphatic heterocycles. The summed E-state index contributed by atoms with van der Waals surface area (Å²) >= 11 is 0. The Bertz CT molecular complexity index is 136. The summed E-state index contributed by atoms with van der Waals surface area (Å²) in [5, 5.41) is 8.68. The first-order chi connectivity index (χ1) is 4.52. The Kier molecular flexibility index (Phi) is 1.71. The molecule has 0 saturated heterocycles. The van der Waals surface area contributed by atoms with E-state index in [1.165, 1.54) is 6.92 Å². The predicted molar refractivity (Wildman–Crippen MR) is 34.0 cm³/mol. The Balaban J connectivity index is 2.76. The van der Waals surface area contributed by atoms with Gasteiger partial charge >= 0.3 is 0 Å². The fraction of sp³-hybridized carbons (Fsp3) is 1.00. The molecule has 3 heteroatoms. The number of hydrogen-bond acceptors (Lipinski definition) is 1. The molecule has 0 aromatic heterocycles. The van der Waals surface area contributed by atoms with Crippen LogP contribution in [0.2, 0.25) is 0 Å². The summed E-state index contributed by atoms with van der Waals surface area (Å²) in [6.07, 6.45) is 0.907. The Hall–Kier alpha value is -0.180. The van der Waals surface area contributed by atoms with Crippen molar-refractivity contribution in [2.75, 3.05) is 6.61 Å². The third-order valence-electron chi connectivity index (χ3n) is 2.45. The molecule has 0 aromatic carbocycles. The van der Waals surface area contributed by atoms with Crippen molar-refractivity contribution in [1.29, 1.82) is 0 Å². The van der Waals surface area contributed by atoms with Gasteiger partial charge in [0.15, 0.2) is 0 Å². The molecule has 0 unspecified atom stereocenters. The SMILES string of the molecule is C[C@@]1(CO)CCCC1(F)F. The van der Waals surface area contributed by atoms with Gasteiger partial charge in [-0.15, -0.1) is 0 Å². The van der Waals surface area contributed by atoms with Gasteiger partial charge in [0.05, 0.1) is 12.0 Å². The zero-order valence-electron chi connectivity index (χ0n) is 6.03. The van der Waals surface area contributed by atoms with Crippen molar-refractivity contribution in [3.05, 3.63) is 0 Å². The maximum Gasteiger partial charge on any atom is 0.255 e. The molecule has 1 saturated carbocycles. The summed E-state index contributed by atoms with van der Waals surface area (Å²) in [4.78, 5) is 0. The van der Waals surface area contributed by atoms with Crippen LogP contribution in [0.4, 0.5) is 8.78 Å². The van der Waals surface area contributed by atoms with Gasteiger partial charge < -0.3 is 5.11 Å². The summed E-state index contributed by atoms with van der Waals surface area (Å²) in [6, 6.07) is 0. The summed E-state index contributed by atoms with van der Waals surface area (Å²) in [5.41, 5.74) is -1.15. The van der Waals surface area contributed by atoms with E-state index in [9.17, 15) is 8.78 Å². The number of hydrogen-bond donors (Lipinski definition) is 1. The van der Waals surface area contributed by atoms with Gasteiger partial charge in [0, 0.05) is 6.42 Å². The van der Waals surface area contributed by atoms with Gasteiger partial charge in [0.2, 0.25) is 0 Å². The van der Waals surface area contributed by atoms with E-state index in [2.05, 4.69) is 0 Å². The zero-order chi connectivity index (χ0) is 7.83. The molecule has 1 N–H and O–H groups in total. The normalized spacial score (nSPS) is 38.4. The van der Waals surface area contributed by atoms with E-state index in [1.54, 1.807) is 0 Å². The summed E-state index contributed by atoms with van der Waals surface area (Å²) in [7, 11) is 0. The fourth-order valence-corrected chi connectivity index (χ4v) is 1.38. The van der Waals surface area contributed by atoms with E-state index in [-0.39, 0.29) is 6.42 Å². The minimum Gasteiger partial charge on any atom is -0.396 e. The first-order valence-corrected chi connectivity index (χ1v) is 3.50. The lowest BCUT2D eigenvalue weighted by molar-refractivity contribution is -0.110. The van der Waals surface area contributed by atoms with Crippen LogP contribution in [-0.2, 0) is 0 Å². The van der Waals surface area contributed by atoms with Crippen LogP contribution in [-0.4, -0.2) is 17.6 Å². The van der Waals surface area contributed by atoms with Crippen molar-refractivity contribution in [2.24, 2.45) is 5.41 Å². The average Bonchev–Trinajstić information content (AvgIpc) is 2.10. The van der Waals surface area contributed by atoms with Gasteiger partial charge in [-0.25, -0.2) is 8.78 Å². The maximum atomic E-state index is 12.8.